The van der Waals surface area contributed by atoms with Crippen molar-refractivity contribution < 1.29 is 19.5 Å². The second-order valence-corrected chi connectivity index (χ2v) is 8.58. The van der Waals surface area contributed by atoms with E-state index >= 15 is 0 Å². The first-order valence-corrected chi connectivity index (χ1v) is 11.3. The van der Waals surface area contributed by atoms with E-state index in [0.29, 0.717) is 31.8 Å². The second kappa shape index (κ2) is 11.1. The quantitative estimate of drug-likeness (QED) is 0.413. The zero-order valence-corrected chi connectivity index (χ0v) is 18.0. The van der Waals surface area contributed by atoms with Crippen molar-refractivity contribution >= 4 is 17.7 Å². The minimum atomic E-state index is -0.742. The highest BCUT2D eigenvalue weighted by Crippen LogP contribution is 2.30. The SMILES string of the molecule is NCCCCC(=O)N[C@H](Cc1ccc(O)cc1)C(=O)NC[C@@H]1CC[C@@H]2CCCN2C1=O. The lowest BCUT2D eigenvalue weighted by atomic mass is 9.92. The Hall–Kier alpha value is -2.61. The number of phenolic OH excluding ortho intramolecular Hbond substituents is 1. The predicted molar refractivity (Wildman–Crippen MR) is 117 cm³/mol. The first-order valence-electron chi connectivity index (χ1n) is 11.3. The molecule has 0 bridgehead atoms. The number of piperidine rings is 1. The van der Waals surface area contributed by atoms with Crippen LogP contribution >= 0.6 is 0 Å². The highest BCUT2D eigenvalue weighted by molar-refractivity contribution is 5.88. The molecule has 3 rings (SSSR count). The van der Waals surface area contributed by atoms with Crippen LogP contribution in [0.2, 0.25) is 0 Å². The fourth-order valence-corrected chi connectivity index (χ4v) is 4.49. The van der Waals surface area contributed by atoms with Gasteiger partial charge in [0.05, 0.1) is 5.92 Å². The van der Waals surface area contributed by atoms with E-state index in [1.165, 1.54) is 0 Å². The number of carbonyl (C=O) groups is 3. The summed E-state index contributed by atoms with van der Waals surface area (Å²) in [6.07, 6.45) is 5.95. The van der Waals surface area contributed by atoms with Gasteiger partial charge in [0.1, 0.15) is 11.8 Å². The van der Waals surface area contributed by atoms with E-state index in [9.17, 15) is 19.5 Å². The molecule has 8 nitrogen and oxygen atoms in total. The number of nitrogens with one attached hydrogen (secondary N) is 2. The van der Waals surface area contributed by atoms with Gasteiger partial charge >= 0.3 is 0 Å². The molecular formula is C23H34N4O4. The average molecular weight is 431 g/mol. The standard InChI is InChI=1S/C23H34N4O4/c24-12-2-1-5-21(29)26-20(14-16-6-10-19(28)11-7-16)22(30)25-15-17-8-9-18-4-3-13-27(18)23(17)31/h6-7,10-11,17-18,20,28H,1-5,8-9,12-15,24H2,(H,25,30)(H,26,29)/t17-,18-,20+/m0/s1. The summed E-state index contributed by atoms with van der Waals surface area (Å²) in [5.74, 6) is -0.410. The van der Waals surface area contributed by atoms with E-state index in [2.05, 4.69) is 10.6 Å². The summed E-state index contributed by atoms with van der Waals surface area (Å²) < 4.78 is 0. The van der Waals surface area contributed by atoms with Gasteiger partial charge in [0, 0.05) is 32.0 Å². The van der Waals surface area contributed by atoms with E-state index in [-0.39, 0.29) is 35.9 Å². The summed E-state index contributed by atoms with van der Waals surface area (Å²) in [6, 6.07) is 6.20. The number of aromatic hydroxyl groups is 1. The maximum Gasteiger partial charge on any atom is 0.242 e. The molecule has 1 aromatic carbocycles. The molecule has 2 fully saturated rings. The van der Waals surface area contributed by atoms with Crippen molar-refractivity contribution in [2.75, 3.05) is 19.6 Å². The molecule has 0 unspecified atom stereocenters. The Labute approximate surface area is 183 Å². The summed E-state index contributed by atoms with van der Waals surface area (Å²) in [5, 5.41) is 15.2. The lowest BCUT2D eigenvalue weighted by Gasteiger charge is -2.34. The number of carbonyl (C=O) groups excluding carboxylic acids is 3. The molecular weight excluding hydrogens is 396 g/mol. The maximum absolute atomic E-state index is 12.9. The molecule has 2 heterocycles. The van der Waals surface area contributed by atoms with Crippen molar-refractivity contribution in [1.82, 2.24) is 15.5 Å². The smallest absolute Gasteiger partial charge is 0.242 e. The van der Waals surface area contributed by atoms with Gasteiger partial charge in [-0.15, -0.1) is 0 Å². The van der Waals surface area contributed by atoms with Crippen LogP contribution in [0.5, 0.6) is 5.75 Å². The molecule has 1 aromatic rings. The number of hydrogen-bond donors (Lipinski definition) is 4. The fraction of sp³-hybridized carbons (Fsp3) is 0.609. The number of nitrogens with zero attached hydrogens (tertiary/aromatic N) is 1. The van der Waals surface area contributed by atoms with Crippen LogP contribution in [0.25, 0.3) is 0 Å². The molecule has 3 amide bonds. The third kappa shape index (κ3) is 6.43. The van der Waals surface area contributed by atoms with Gasteiger partial charge in [-0.1, -0.05) is 12.1 Å². The number of phenols is 1. The molecule has 0 radical (unpaired) electrons. The topological polar surface area (TPSA) is 125 Å². The van der Waals surface area contributed by atoms with Crippen LogP contribution in [0, 0.1) is 5.92 Å². The molecule has 5 N–H and O–H groups in total. The van der Waals surface area contributed by atoms with Crippen LogP contribution in [0.15, 0.2) is 24.3 Å². The molecule has 0 aromatic heterocycles. The molecule has 2 aliphatic heterocycles. The third-order valence-corrected chi connectivity index (χ3v) is 6.27. The Morgan fingerprint density at radius 1 is 1.16 bits per heavy atom. The molecule has 2 saturated heterocycles. The Morgan fingerprint density at radius 2 is 1.94 bits per heavy atom. The van der Waals surface area contributed by atoms with Crippen LogP contribution in [0.4, 0.5) is 0 Å². The van der Waals surface area contributed by atoms with Crippen LogP contribution in [-0.2, 0) is 20.8 Å². The highest BCUT2D eigenvalue weighted by Gasteiger charge is 2.38. The fourth-order valence-electron chi connectivity index (χ4n) is 4.49. The van der Waals surface area contributed by atoms with Crippen LogP contribution in [0.3, 0.4) is 0 Å². The van der Waals surface area contributed by atoms with Crippen LogP contribution in [-0.4, -0.2) is 59.4 Å². The Bertz CT molecular complexity index is 767. The van der Waals surface area contributed by atoms with Gasteiger partial charge in [0.2, 0.25) is 17.7 Å². The normalized spacial score (nSPS) is 21.5. The van der Waals surface area contributed by atoms with E-state index < -0.39 is 6.04 Å². The number of hydrogen-bond acceptors (Lipinski definition) is 5. The van der Waals surface area contributed by atoms with E-state index in [4.69, 9.17) is 5.73 Å². The number of nitrogens with two attached hydrogens (primary N) is 1. The molecule has 8 heteroatoms. The molecule has 170 valence electrons. The maximum atomic E-state index is 12.9. The molecule has 0 spiro atoms. The predicted octanol–water partition coefficient (Wildman–Crippen LogP) is 1.07. The zero-order chi connectivity index (χ0) is 22.2. The lowest BCUT2D eigenvalue weighted by Crippen LogP contribution is -2.52. The summed E-state index contributed by atoms with van der Waals surface area (Å²) >= 11 is 0. The van der Waals surface area contributed by atoms with Gasteiger partial charge < -0.3 is 26.4 Å². The second-order valence-electron chi connectivity index (χ2n) is 8.58. The van der Waals surface area contributed by atoms with Crippen molar-refractivity contribution in [3.05, 3.63) is 29.8 Å². The van der Waals surface area contributed by atoms with Crippen LogP contribution in [0.1, 0.15) is 50.5 Å². The van der Waals surface area contributed by atoms with E-state index in [1.807, 2.05) is 4.90 Å². The van der Waals surface area contributed by atoms with Gasteiger partial charge in [0.25, 0.3) is 0 Å². The number of amides is 3. The number of benzene rings is 1. The first-order chi connectivity index (χ1) is 15.0. The van der Waals surface area contributed by atoms with Crippen molar-refractivity contribution in [2.45, 2.75) is 63.5 Å². The molecule has 3 atom stereocenters. The van der Waals surface area contributed by atoms with Crippen molar-refractivity contribution in [1.29, 1.82) is 0 Å². The molecule has 31 heavy (non-hydrogen) atoms. The Kier molecular flexibility index (Phi) is 8.28. The highest BCUT2D eigenvalue weighted by atomic mass is 16.3. The molecule has 0 saturated carbocycles. The summed E-state index contributed by atoms with van der Waals surface area (Å²) in [5.41, 5.74) is 6.31. The van der Waals surface area contributed by atoms with Gasteiger partial charge in [-0.05, 0) is 62.8 Å². The van der Waals surface area contributed by atoms with Crippen molar-refractivity contribution in [3.8, 4) is 5.75 Å². The number of fused-ring (bicyclic) bond motifs is 1. The number of rotatable bonds is 10. The Balaban J connectivity index is 1.58. The van der Waals surface area contributed by atoms with Gasteiger partial charge in [-0.25, -0.2) is 0 Å². The minimum Gasteiger partial charge on any atom is -0.508 e. The third-order valence-electron chi connectivity index (χ3n) is 6.27. The van der Waals surface area contributed by atoms with Crippen molar-refractivity contribution in [2.24, 2.45) is 11.7 Å². The number of unbranched alkanes of at least 4 members (excludes halogenated alkanes) is 1. The molecule has 0 aliphatic carbocycles. The van der Waals surface area contributed by atoms with Gasteiger partial charge in [-0.2, -0.15) is 0 Å². The first kappa shape index (κ1) is 23.1. The minimum absolute atomic E-state index is 0.134. The summed E-state index contributed by atoms with van der Waals surface area (Å²) in [7, 11) is 0. The largest absolute Gasteiger partial charge is 0.508 e. The molecule has 2 aliphatic rings. The van der Waals surface area contributed by atoms with Gasteiger partial charge in [-0.3, -0.25) is 14.4 Å². The van der Waals surface area contributed by atoms with Crippen LogP contribution < -0.4 is 16.4 Å². The van der Waals surface area contributed by atoms with Gasteiger partial charge in [0.15, 0.2) is 0 Å². The summed E-state index contributed by atoms with van der Waals surface area (Å²) in [4.78, 5) is 39.9. The average Bonchev–Trinajstić information content (AvgIpc) is 3.24. The summed E-state index contributed by atoms with van der Waals surface area (Å²) in [6.45, 7) is 1.63. The Morgan fingerprint density at radius 3 is 2.68 bits per heavy atom. The zero-order valence-electron chi connectivity index (χ0n) is 18.0. The van der Waals surface area contributed by atoms with Crippen molar-refractivity contribution in [3.63, 3.8) is 0 Å². The van der Waals surface area contributed by atoms with E-state index in [0.717, 1.165) is 44.2 Å². The van der Waals surface area contributed by atoms with E-state index in [1.54, 1.807) is 24.3 Å². The lowest BCUT2D eigenvalue weighted by molar-refractivity contribution is -0.140. The monoisotopic (exact) mass is 430 g/mol.